The summed E-state index contributed by atoms with van der Waals surface area (Å²) < 4.78 is 23.7. The fraction of sp³-hybridized carbons (Fsp3) is 0.724. The third-order valence-electron chi connectivity index (χ3n) is 7.46. The molecular formula is C29H50O5Si. The average Bonchev–Trinajstić information content (AvgIpc) is 3.58. The van der Waals surface area contributed by atoms with Gasteiger partial charge in [0, 0.05) is 0 Å². The smallest absolute Gasteiger partial charge is 0.200 e. The highest BCUT2D eigenvalue weighted by molar-refractivity contribution is 6.77. The maximum atomic E-state index is 10.7. The van der Waals surface area contributed by atoms with Crippen molar-refractivity contribution >= 4 is 8.32 Å². The number of hydrogen-bond acceptors (Lipinski definition) is 5. The molecule has 1 aromatic carbocycles. The molecule has 1 N–H and O–H groups in total. The lowest BCUT2D eigenvalue weighted by Crippen LogP contribution is -2.52. The minimum absolute atomic E-state index is 0.0974. The first-order chi connectivity index (χ1) is 16.6. The summed E-state index contributed by atoms with van der Waals surface area (Å²) in [6, 6.07) is 7.95. The zero-order valence-corrected chi connectivity index (χ0v) is 24.3. The summed E-state index contributed by atoms with van der Waals surface area (Å²) in [5.74, 6) is 0.856. The van der Waals surface area contributed by atoms with Crippen LogP contribution in [0.4, 0.5) is 0 Å². The second-order valence-corrected chi connectivity index (χ2v) is 16.2. The minimum Gasteiger partial charge on any atom is -0.497 e. The number of aliphatic hydroxyl groups excluding tert-OH is 1. The van der Waals surface area contributed by atoms with Crippen molar-refractivity contribution in [1.29, 1.82) is 0 Å². The number of benzene rings is 1. The fourth-order valence-electron chi connectivity index (χ4n) is 5.42. The zero-order chi connectivity index (χ0) is 26.0. The van der Waals surface area contributed by atoms with E-state index in [9.17, 15) is 5.11 Å². The van der Waals surface area contributed by atoms with Gasteiger partial charge in [-0.2, -0.15) is 0 Å². The van der Waals surface area contributed by atoms with E-state index in [0.717, 1.165) is 37.0 Å². The van der Waals surface area contributed by atoms with E-state index in [4.69, 9.17) is 18.6 Å². The number of rotatable bonds is 17. The molecule has 0 radical (unpaired) electrons. The molecule has 1 saturated heterocycles. The Kier molecular flexibility index (Phi) is 12.5. The Bertz CT molecular complexity index is 724. The first kappa shape index (κ1) is 30.0. The van der Waals surface area contributed by atoms with Gasteiger partial charge in [0.2, 0.25) is 8.32 Å². The lowest BCUT2D eigenvalue weighted by molar-refractivity contribution is 0.0187. The van der Waals surface area contributed by atoms with Gasteiger partial charge in [0.05, 0.1) is 38.6 Å². The Labute approximate surface area is 215 Å². The molecule has 0 spiro atoms. The third kappa shape index (κ3) is 8.71. The van der Waals surface area contributed by atoms with Crippen LogP contribution in [0.3, 0.4) is 0 Å². The molecule has 1 heterocycles. The predicted molar refractivity (Wildman–Crippen MR) is 147 cm³/mol. The molecular weight excluding hydrogens is 456 g/mol. The SMILES string of the molecule is CC[C@@H](O)[C@H](CC/C=C\C[C@@H]1O[C@@H]1COCc1ccc(OC)cc1)O[Si](C(C)C)(C(C)C)C(C)C. The molecule has 0 saturated carbocycles. The molecule has 0 aliphatic carbocycles. The second kappa shape index (κ2) is 14.5. The molecule has 2 rings (SSSR count). The summed E-state index contributed by atoms with van der Waals surface area (Å²) in [7, 11) is -0.352. The number of allylic oxidation sites excluding steroid dienone is 1. The maximum absolute atomic E-state index is 10.7. The van der Waals surface area contributed by atoms with Gasteiger partial charge in [-0.1, -0.05) is 72.8 Å². The van der Waals surface area contributed by atoms with Crippen molar-refractivity contribution in [2.75, 3.05) is 13.7 Å². The van der Waals surface area contributed by atoms with Crippen LogP contribution in [0.2, 0.25) is 16.6 Å². The molecule has 0 amide bonds. The Morgan fingerprint density at radius 3 is 2.14 bits per heavy atom. The molecule has 0 aromatic heterocycles. The van der Waals surface area contributed by atoms with Crippen LogP contribution in [0.25, 0.3) is 0 Å². The van der Waals surface area contributed by atoms with Gasteiger partial charge in [0.25, 0.3) is 0 Å². The monoisotopic (exact) mass is 506 g/mol. The van der Waals surface area contributed by atoms with Crippen molar-refractivity contribution in [3.63, 3.8) is 0 Å². The van der Waals surface area contributed by atoms with Gasteiger partial charge in [-0.3, -0.25) is 0 Å². The van der Waals surface area contributed by atoms with Gasteiger partial charge in [-0.15, -0.1) is 0 Å². The van der Waals surface area contributed by atoms with Gasteiger partial charge in [-0.25, -0.2) is 0 Å². The molecule has 4 atom stereocenters. The van der Waals surface area contributed by atoms with Gasteiger partial charge in [0.15, 0.2) is 0 Å². The molecule has 35 heavy (non-hydrogen) atoms. The van der Waals surface area contributed by atoms with Crippen LogP contribution in [-0.4, -0.2) is 51.6 Å². The minimum atomic E-state index is -2.02. The van der Waals surface area contributed by atoms with Crippen molar-refractivity contribution in [3.8, 4) is 5.75 Å². The molecule has 1 aromatic rings. The second-order valence-electron chi connectivity index (χ2n) is 10.8. The fourth-order valence-corrected chi connectivity index (χ4v) is 11.0. The maximum Gasteiger partial charge on any atom is 0.200 e. The van der Waals surface area contributed by atoms with E-state index in [1.165, 1.54) is 0 Å². The van der Waals surface area contributed by atoms with Crippen molar-refractivity contribution < 1.29 is 23.7 Å². The van der Waals surface area contributed by atoms with Gasteiger partial charge >= 0.3 is 0 Å². The highest BCUT2D eigenvalue weighted by Gasteiger charge is 2.47. The summed E-state index contributed by atoms with van der Waals surface area (Å²) in [5, 5.41) is 10.7. The van der Waals surface area contributed by atoms with E-state index < -0.39 is 14.4 Å². The van der Waals surface area contributed by atoms with E-state index >= 15 is 0 Å². The van der Waals surface area contributed by atoms with Crippen molar-refractivity contribution in [2.45, 2.75) is 122 Å². The number of aliphatic hydroxyl groups is 1. The molecule has 1 aliphatic rings. The largest absolute Gasteiger partial charge is 0.497 e. The molecule has 1 aliphatic heterocycles. The van der Waals surface area contributed by atoms with Crippen LogP contribution in [0, 0.1) is 0 Å². The summed E-state index contributed by atoms with van der Waals surface area (Å²) in [6.45, 7) is 17.0. The summed E-state index contributed by atoms with van der Waals surface area (Å²) in [6.07, 6.45) is 7.75. The molecule has 200 valence electrons. The van der Waals surface area contributed by atoms with E-state index in [1.807, 2.05) is 31.2 Å². The number of ether oxygens (including phenoxy) is 3. The molecule has 0 bridgehead atoms. The Hall–Kier alpha value is -1.18. The Morgan fingerprint density at radius 2 is 1.60 bits per heavy atom. The van der Waals surface area contributed by atoms with E-state index in [-0.39, 0.29) is 18.3 Å². The summed E-state index contributed by atoms with van der Waals surface area (Å²) in [4.78, 5) is 0. The van der Waals surface area contributed by atoms with Crippen molar-refractivity contribution in [3.05, 3.63) is 42.0 Å². The van der Waals surface area contributed by atoms with Crippen LogP contribution < -0.4 is 4.74 Å². The van der Waals surface area contributed by atoms with Crippen LogP contribution in [0.1, 0.15) is 79.7 Å². The molecule has 1 fully saturated rings. The zero-order valence-electron chi connectivity index (χ0n) is 23.3. The van der Waals surface area contributed by atoms with E-state index in [2.05, 4.69) is 53.7 Å². The Balaban J connectivity index is 1.75. The van der Waals surface area contributed by atoms with Gasteiger partial charge in [0.1, 0.15) is 11.9 Å². The van der Waals surface area contributed by atoms with E-state index in [0.29, 0.717) is 29.8 Å². The third-order valence-corrected chi connectivity index (χ3v) is 13.6. The lowest BCUT2D eigenvalue weighted by atomic mass is 10.1. The first-order valence-corrected chi connectivity index (χ1v) is 15.7. The molecule has 6 heteroatoms. The standard InChI is InChI=1S/C29H50O5Si/c1-9-26(30)27(34-35(21(2)3,22(4)5)23(6)7)13-11-10-12-14-28-29(33-28)20-32-19-24-15-17-25(31-8)18-16-24/h10,12,15-18,21-23,26-30H,9,11,13-14,19-20H2,1-8H3/b12-10-/t26-,27+,28+,29-/m1/s1. The number of hydrogen-bond donors (Lipinski definition) is 1. The van der Waals surface area contributed by atoms with Crippen LogP contribution in [0.15, 0.2) is 36.4 Å². The van der Waals surface area contributed by atoms with Crippen LogP contribution >= 0.6 is 0 Å². The first-order valence-electron chi connectivity index (χ1n) is 13.5. The normalized spacial score (nSPS) is 20.2. The van der Waals surface area contributed by atoms with E-state index in [1.54, 1.807) is 7.11 Å². The predicted octanol–water partition coefficient (Wildman–Crippen LogP) is 7.04. The van der Waals surface area contributed by atoms with Gasteiger partial charge < -0.3 is 23.7 Å². The highest BCUT2D eigenvalue weighted by Crippen LogP contribution is 2.43. The number of epoxide rings is 1. The topological polar surface area (TPSA) is 60.5 Å². The summed E-state index contributed by atoms with van der Waals surface area (Å²) in [5.41, 5.74) is 2.68. The van der Waals surface area contributed by atoms with Crippen LogP contribution in [-0.2, 0) is 20.5 Å². The number of methoxy groups -OCH3 is 1. The van der Waals surface area contributed by atoms with Crippen molar-refractivity contribution in [2.24, 2.45) is 0 Å². The Morgan fingerprint density at radius 1 is 0.971 bits per heavy atom. The van der Waals surface area contributed by atoms with Crippen LogP contribution in [0.5, 0.6) is 5.75 Å². The highest BCUT2D eigenvalue weighted by atomic mass is 28.4. The molecule has 5 nitrogen and oxygen atoms in total. The van der Waals surface area contributed by atoms with Gasteiger partial charge in [-0.05, 0) is 60.0 Å². The average molecular weight is 507 g/mol. The lowest BCUT2D eigenvalue weighted by Gasteiger charge is -2.45. The molecule has 0 unspecified atom stereocenters. The quantitative estimate of drug-likeness (QED) is 0.139. The van der Waals surface area contributed by atoms with Crippen molar-refractivity contribution in [1.82, 2.24) is 0 Å². The summed E-state index contributed by atoms with van der Waals surface area (Å²) >= 11 is 0.